The van der Waals surface area contributed by atoms with E-state index in [0.29, 0.717) is 6.54 Å². The monoisotopic (exact) mass is 298 g/mol. The van der Waals surface area contributed by atoms with E-state index in [9.17, 15) is 4.79 Å². The van der Waals surface area contributed by atoms with Crippen LogP contribution < -0.4 is 0 Å². The summed E-state index contributed by atoms with van der Waals surface area (Å²) in [5, 5.41) is 0. The van der Waals surface area contributed by atoms with Crippen molar-refractivity contribution in [3.05, 3.63) is 51.5 Å². The quantitative estimate of drug-likeness (QED) is 0.678. The molecule has 2 heterocycles. The van der Waals surface area contributed by atoms with E-state index in [0.717, 1.165) is 22.3 Å². The lowest BCUT2D eigenvalue weighted by Gasteiger charge is -2.04. The third kappa shape index (κ3) is 2.63. The molecule has 0 atom stereocenters. The van der Waals surface area contributed by atoms with E-state index in [4.69, 9.17) is 0 Å². The SMILES string of the molecule is CCc1ccc(C(=O)Cn2cnc3cc(C)c(C)cc32)s1. The zero-order chi connectivity index (χ0) is 15.0. The van der Waals surface area contributed by atoms with E-state index in [1.807, 2.05) is 16.7 Å². The molecular formula is C17H18N2OS. The minimum atomic E-state index is 0.150. The first-order valence-electron chi connectivity index (χ1n) is 7.12. The van der Waals surface area contributed by atoms with Gasteiger partial charge in [-0.3, -0.25) is 4.79 Å². The molecule has 2 aromatic heterocycles. The van der Waals surface area contributed by atoms with Crippen molar-refractivity contribution < 1.29 is 4.79 Å². The first-order valence-corrected chi connectivity index (χ1v) is 7.94. The van der Waals surface area contributed by atoms with Crippen LogP contribution in [0.2, 0.25) is 0 Å². The molecule has 3 aromatic rings. The highest BCUT2D eigenvalue weighted by atomic mass is 32.1. The third-order valence-electron chi connectivity index (χ3n) is 3.84. The van der Waals surface area contributed by atoms with Crippen LogP contribution in [-0.4, -0.2) is 15.3 Å². The van der Waals surface area contributed by atoms with Crippen molar-refractivity contribution in [2.75, 3.05) is 0 Å². The highest BCUT2D eigenvalue weighted by molar-refractivity contribution is 7.14. The first kappa shape index (κ1) is 14.0. The minimum Gasteiger partial charge on any atom is -0.323 e. The number of thiophene rings is 1. The molecule has 0 unspecified atom stereocenters. The molecule has 0 spiro atoms. The summed E-state index contributed by atoms with van der Waals surface area (Å²) in [5.74, 6) is 0.150. The summed E-state index contributed by atoms with van der Waals surface area (Å²) >= 11 is 1.59. The summed E-state index contributed by atoms with van der Waals surface area (Å²) < 4.78 is 1.94. The second kappa shape index (κ2) is 5.45. The number of imidazole rings is 1. The zero-order valence-electron chi connectivity index (χ0n) is 12.5. The number of hydrogen-bond donors (Lipinski definition) is 0. The maximum atomic E-state index is 12.4. The molecule has 21 heavy (non-hydrogen) atoms. The number of rotatable bonds is 4. The lowest BCUT2D eigenvalue weighted by atomic mass is 10.1. The van der Waals surface area contributed by atoms with Crippen molar-refractivity contribution in [2.45, 2.75) is 33.7 Å². The fourth-order valence-corrected chi connectivity index (χ4v) is 3.27. The van der Waals surface area contributed by atoms with Crippen molar-refractivity contribution in [1.82, 2.24) is 9.55 Å². The smallest absolute Gasteiger partial charge is 0.192 e. The Morgan fingerprint density at radius 2 is 2.00 bits per heavy atom. The summed E-state index contributed by atoms with van der Waals surface area (Å²) in [6.45, 7) is 6.62. The number of benzene rings is 1. The van der Waals surface area contributed by atoms with E-state index < -0.39 is 0 Å². The third-order valence-corrected chi connectivity index (χ3v) is 5.11. The summed E-state index contributed by atoms with van der Waals surface area (Å²) in [4.78, 5) is 18.9. The summed E-state index contributed by atoms with van der Waals surface area (Å²) in [6, 6.07) is 8.15. The molecule has 108 valence electrons. The Labute approximate surface area is 128 Å². The normalized spacial score (nSPS) is 11.2. The number of nitrogens with zero attached hydrogens (tertiary/aromatic N) is 2. The Morgan fingerprint density at radius 1 is 1.24 bits per heavy atom. The minimum absolute atomic E-state index is 0.150. The second-order valence-electron chi connectivity index (χ2n) is 5.34. The van der Waals surface area contributed by atoms with Gasteiger partial charge in [0.1, 0.15) is 0 Å². The van der Waals surface area contributed by atoms with Crippen LogP contribution in [0, 0.1) is 13.8 Å². The molecule has 0 saturated carbocycles. The summed E-state index contributed by atoms with van der Waals surface area (Å²) in [5.41, 5.74) is 4.43. The van der Waals surface area contributed by atoms with E-state index in [-0.39, 0.29) is 5.78 Å². The number of fused-ring (bicyclic) bond motifs is 1. The molecule has 0 aliphatic heterocycles. The number of ketones is 1. The standard InChI is InChI=1S/C17H18N2OS/c1-4-13-5-6-17(21-13)16(20)9-19-10-18-14-7-11(2)12(3)8-15(14)19/h5-8,10H,4,9H2,1-3H3. The van der Waals surface area contributed by atoms with Crippen molar-refractivity contribution in [2.24, 2.45) is 0 Å². The average molecular weight is 298 g/mol. The van der Waals surface area contributed by atoms with Crippen molar-refractivity contribution in [3.63, 3.8) is 0 Å². The Balaban J connectivity index is 1.91. The van der Waals surface area contributed by atoms with E-state index in [1.54, 1.807) is 17.7 Å². The maximum Gasteiger partial charge on any atom is 0.192 e. The molecule has 1 aromatic carbocycles. The van der Waals surface area contributed by atoms with Crippen LogP contribution in [0.3, 0.4) is 0 Å². The predicted octanol–water partition coefficient (Wildman–Crippen LogP) is 4.16. The number of aryl methyl sites for hydroxylation is 3. The van der Waals surface area contributed by atoms with E-state index in [2.05, 4.69) is 37.9 Å². The maximum absolute atomic E-state index is 12.4. The van der Waals surface area contributed by atoms with Gasteiger partial charge in [-0.2, -0.15) is 0 Å². The van der Waals surface area contributed by atoms with Crippen LogP contribution in [0.25, 0.3) is 11.0 Å². The van der Waals surface area contributed by atoms with Gasteiger partial charge in [0.25, 0.3) is 0 Å². The van der Waals surface area contributed by atoms with Gasteiger partial charge in [-0.1, -0.05) is 6.92 Å². The Kier molecular flexibility index (Phi) is 3.64. The lowest BCUT2D eigenvalue weighted by Crippen LogP contribution is -2.08. The van der Waals surface area contributed by atoms with Crippen LogP contribution in [0.5, 0.6) is 0 Å². The van der Waals surface area contributed by atoms with Gasteiger partial charge in [0.15, 0.2) is 5.78 Å². The molecule has 3 nitrogen and oxygen atoms in total. The molecule has 0 fully saturated rings. The largest absolute Gasteiger partial charge is 0.323 e. The van der Waals surface area contributed by atoms with Crippen LogP contribution in [0.15, 0.2) is 30.6 Å². The second-order valence-corrected chi connectivity index (χ2v) is 6.51. The molecule has 3 rings (SSSR count). The van der Waals surface area contributed by atoms with Crippen LogP contribution >= 0.6 is 11.3 Å². The van der Waals surface area contributed by atoms with Gasteiger partial charge in [0.05, 0.1) is 28.8 Å². The molecule has 4 heteroatoms. The highest BCUT2D eigenvalue weighted by Crippen LogP contribution is 2.21. The summed E-state index contributed by atoms with van der Waals surface area (Å²) in [6.07, 6.45) is 2.74. The van der Waals surface area contributed by atoms with Crippen molar-refractivity contribution >= 4 is 28.2 Å². The molecule has 0 aliphatic carbocycles. The van der Waals surface area contributed by atoms with Crippen molar-refractivity contribution in [1.29, 1.82) is 0 Å². The van der Waals surface area contributed by atoms with E-state index >= 15 is 0 Å². The molecular weight excluding hydrogens is 280 g/mol. The average Bonchev–Trinajstić information content (AvgIpc) is 3.08. The van der Waals surface area contributed by atoms with Gasteiger partial charge in [-0.25, -0.2) is 4.98 Å². The Morgan fingerprint density at radius 3 is 2.71 bits per heavy atom. The number of aromatic nitrogens is 2. The fraction of sp³-hybridized carbons (Fsp3) is 0.294. The molecule has 0 radical (unpaired) electrons. The van der Waals surface area contributed by atoms with Gasteiger partial charge in [-0.05, 0) is 55.7 Å². The lowest BCUT2D eigenvalue weighted by molar-refractivity contribution is 0.0977. The first-order chi connectivity index (χ1) is 10.1. The zero-order valence-corrected chi connectivity index (χ0v) is 13.3. The number of hydrogen-bond acceptors (Lipinski definition) is 3. The molecule has 0 aliphatic rings. The molecule has 0 amide bonds. The molecule has 0 saturated heterocycles. The Hall–Kier alpha value is -1.94. The van der Waals surface area contributed by atoms with E-state index in [1.165, 1.54) is 16.0 Å². The van der Waals surface area contributed by atoms with Crippen LogP contribution in [0.4, 0.5) is 0 Å². The van der Waals surface area contributed by atoms with Gasteiger partial charge < -0.3 is 4.57 Å². The van der Waals surface area contributed by atoms with Crippen molar-refractivity contribution in [3.8, 4) is 0 Å². The molecule has 0 bridgehead atoms. The van der Waals surface area contributed by atoms with Gasteiger partial charge in [-0.15, -0.1) is 11.3 Å². The fourth-order valence-electron chi connectivity index (χ4n) is 2.39. The number of carbonyl (C=O) groups is 1. The number of Topliss-reactive ketones (excluding diaryl/α,β-unsaturated/α-hetero) is 1. The molecule has 0 N–H and O–H groups in total. The van der Waals surface area contributed by atoms with Gasteiger partial charge in [0, 0.05) is 4.88 Å². The highest BCUT2D eigenvalue weighted by Gasteiger charge is 2.12. The summed E-state index contributed by atoms with van der Waals surface area (Å²) in [7, 11) is 0. The van der Waals surface area contributed by atoms with Crippen LogP contribution in [0.1, 0.15) is 32.6 Å². The predicted molar refractivity (Wildman–Crippen MR) is 87.2 cm³/mol. The van der Waals surface area contributed by atoms with Gasteiger partial charge in [0.2, 0.25) is 0 Å². The topological polar surface area (TPSA) is 34.9 Å². The Bertz CT molecular complexity index is 813. The number of carbonyl (C=O) groups excluding carboxylic acids is 1. The van der Waals surface area contributed by atoms with Crippen LogP contribution in [-0.2, 0) is 13.0 Å². The van der Waals surface area contributed by atoms with Gasteiger partial charge >= 0.3 is 0 Å².